The second-order valence-corrected chi connectivity index (χ2v) is 2.74. The van der Waals surface area contributed by atoms with E-state index >= 15 is 0 Å². The van der Waals surface area contributed by atoms with Gasteiger partial charge in [-0.1, -0.05) is 13.3 Å². The van der Waals surface area contributed by atoms with Gasteiger partial charge in [0.05, 0.1) is 13.2 Å². The van der Waals surface area contributed by atoms with Crippen molar-refractivity contribution < 1.29 is 5.11 Å². The van der Waals surface area contributed by atoms with Crippen LogP contribution < -0.4 is 5.56 Å². The van der Waals surface area contributed by atoms with Crippen LogP contribution in [-0.4, -0.2) is 21.5 Å². The number of H-pyrrole nitrogens is 1. The van der Waals surface area contributed by atoms with E-state index in [0.29, 0.717) is 6.54 Å². The average Bonchev–Trinajstić information content (AvgIpc) is 2.34. The first-order chi connectivity index (χ1) is 5.77. The van der Waals surface area contributed by atoms with Crippen LogP contribution in [0.3, 0.4) is 0 Å². The zero-order valence-electron chi connectivity index (χ0n) is 7.21. The molecule has 1 heterocycles. The third-order valence-corrected chi connectivity index (χ3v) is 1.69. The van der Waals surface area contributed by atoms with E-state index in [9.17, 15) is 4.79 Å². The Hall–Kier alpha value is -1.03. The van der Waals surface area contributed by atoms with E-state index in [-0.39, 0.29) is 12.2 Å². The maximum absolute atomic E-state index is 11.1. The van der Waals surface area contributed by atoms with Crippen LogP contribution in [0.4, 0.5) is 0 Å². The molecule has 0 bridgehead atoms. The van der Waals surface area contributed by atoms with E-state index in [2.05, 4.69) is 12.0 Å². The predicted octanol–water partition coefficient (Wildman–Crippen LogP) is 0.121. The molecule has 0 aliphatic carbocycles. The van der Waals surface area contributed by atoms with Gasteiger partial charge in [-0.2, -0.15) is 0 Å². The molecule has 12 heavy (non-hydrogen) atoms. The van der Waals surface area contributed by atoms with Gasteiger partial charge in [0.2, 0.25) is 0 Å². The maximum Gasteiger partial charge on any atom is 0.266 e. The number of hydrogen-bond donors (Lipinski definition) is 2. The van der Waals surface area contributed by atoms with E-state index < -0.39 is 0 Å². The molecule has 0 amide bonds. The van der Waals surface area contributed by atoms with Crippen molar-refractivity contribution in [3.8, 4) is 0 Å². The molecule has 2 N–H and O–H groups in total. The van der Waals surface area contributed by atoms with E-state index in [1.54, 1.807) is 6.07 Å². The number of rotatable bonds is 4. The first-order valence-corrected chi connectivity index (χ1v) is 4.17. The second-order valence-electron chi connectivity index (χ2n) is 2.74. The van der Waals surface area contributed by atoms with Gasteiger partial charge >= 0.3 is 0 Å². The monoisotopic (exact) mass is 170 g/mol. The van der Waals surface area contributed by atoms with Crippen molar-refractivity contribution in [2.24, 2.45) is 0 Å². The Morgan fingerprint density at radius 3 is 3.00 bits per heavy atom. The van der Waals surface area contributed by atoms with Gasteiger partial charge in [-0.3, -0.25) is 14.6 Å². The van der Waals surface area contributed by atoms with Crippen LogP contribution >= 0.6 is 0 Å². The molecule has 0 radical (unpaired) electrons. The number of hydrogen-bond acceptors (Lipinski definition) is 2. The van der Waals surface area contributed by atoms with Gasteiger partial charge in [0.25, 0.3) is 5.56 Å². The highest BCUT2D eigenvalue weighted by atomic mass is 16.3. The second kappa shape index (κ2) is 4.11. The predicted molar refractivity (Wildman–Crippen MR) is 46.1 cm³/mol. The zero-order chi connectivity index (χ0) is 8.97. The van der Waals surface area contributed by atoms with E-state index in [4.69, 9.17) is 5.11 Å². The molecule has 1 aromatic heterocycles. The number of aliphatic hydroxyl groups excluding tert-OH is 1. The van der Waals surface area contributed by atoms with Crippen molar-refractivity contribution >= 4 is 0 Å². The summed E-state index contributed by atoms with van der Waals surface area (Å²) in [4.78, 5) is 11.1. The van der Waals surface area contributed by atoms with Crippen molar-refractivity contribution in [1.82, 2.24) is 9.78 Å². The minimum absolute atomic E-state index is 0.00795. The molecule has 0 unspecified atom stereocenters. The summed E-state index contributed by atoms with van der Waals surface area (Å²) < 4.78 is 1.42. The number of nitrogens with zero attached hydrogens (tertiary/aromatic N) is 1. The van der Waals surface area contributed by atoms with Crippen LogP contribution in [0.2, 0.25) is 0 Å². The van der Waals surface area contributed by atoms with Gasteiger partial charge in [0.15, 0.2) is 0 Å². The summed E-state index contributed by atoms with van der Waals surface area (Å²) in [7, 11) is 0. The lowest BCUT2D eigenvalue weighted by atomic mass is 10.3. The third kappa shape index (κ3) is 1.98. The SMILES string of the molecule is CCCc1cc(=O)n(CCO)[nH]1. The molecule has 68 valence electrons. The highest BCUT2D eigenvalue weighted by Crippen LogP contribution is 1.94. The van der Waals surface area contributed by atoms with Gasteiger partial charge in [-0.25, -0.2) is 0 Å². The molecule has 4 nitrogen and oxygen atoms in total. The topological polar surface area (TPSA) is 58.0 Å². The summed E-state index contributed by atoms with van der Waals surface area (Å²) in [5.41, 5.74) is 0.878. The molecule has 0 atom stereocenters. The minimum atomic E-state index is -0.0625. The lowest BCUT2D eigenvalue weighted by Crippen LogP contribution is -2.17. The molecule has 0 saturated heterocycles. The van der Waals surface area contributed by atoms with E-state index in [0.717, 1.165) is 18.5 Å². The normalized spacial score (nSPS) is 10.5. The molecular formula is C8H14N2O2. The van der Waals surface area contributed by atoms with E-state index in [1.165, 1.54) is 4.68 Å². The van der Waals surface area contributed by atoms with Crippen LogP contribution in [0.15, 0.2) is 10.9 Å². The highest BCUT2D eigenvalue weighted by molar-refractivity contribution is 4.99. The van der Waals surface area contributed by atoms with Crippen LogP contribution in [0.25, 0.3) is 0 Å². The van der Waals surface area contributed by atoms with Crippen LogP contribution in [0.1, 0.15) is 19.0 Å². The Bertz CT molecular complexity index is 287. The number of aryl methyl sites for hydroxylation is 1. The molecule has 1 aromatic rings. The molecule has 0 aliphatic heterocycles. The van der Waals surface area contributed by atoms with Crippen molar-refractivity contribution in [2.45, 2.75) is 26.3 Å². The molecule has 0 saturated carbocycles. The van der Waals surface area contributed by atoms with E-state index in [1.807, 2.05) is 0 Å². The molecule has 0 aliphatic rings. The standard InChI is InChI=1S/C8H14N2O2/c1-2-3-7-6-8(12)10(9-7)4-5-11/h6,9,11H,2-5H2,1H3. The highest BCUT2D eigenvalue weighted by Gasteiger charge is 2.00. The summed E-state index contributed by atoms with van der Waals surface area (Å²) in [6.07, 6.45) is 1.90. The molecule has 0 aromatic carbocycles. The quantitative estimate of drug-likeness (QED) is 0.674. The molecular weight excluding hydrogens is 156 g/mol. The molecule has 1 rings (SSSR count). The number of aromatic amines is 1. The largest absolute Gasteiger partial charge is 0.394 e. The summed E-state index contributed by atoms with van der Waals surface area (Å²) >= 11 is 0. The fourth-order valence-electron chi connectivity index (χ4n) is 1.15. The zero-order valence-corrected chi connectivity index (χ0v) is 7.21. The minimum Gasteiger partial charge on any atom is -0.394 e. The van der Waals surface area contributed by atoms with Gasteiger partial charge in [0.1, 0.15) is 0 Å². The summed E-state index contributed by atoms with van der Waals surface area (Å²) in [5, 5.41) is 11.5. The Kier molecular flexibility index (Phi) is 3.10. The van der Waals surface area contributed by atoms with Crippen molar-refractivity contribution in [2.75, 3.05) is 6.61 Å². The van der Waals surface area contributed by atoms with Gasteiger partial charge in [0, 0.05) is 11.8 Å². The van der Waals surface area contributed by atoms with Gasteiger partial charge in [-0.15, -0.1) is 0 Å². The number of aliphatic hydroxyl groups is 1. The molecule has 4 heteroatoms. The fraction of sp³-hybridized carbons (Fsp3) is 0.625. The Labute approximate surface area is 70.8 Å². The number of nitrogens with one attached hydrogen (secondary N) is 1. The lowest BCUT2D eigenvalue weighted by Gasteiger charge is -1.96. The van der Waals surface area contributed by atoms with Gasteiger partial charge < -0.3 is 5.11 Å². The van der Waals surface area contributed by atoms with Crippen LogP contribution in [0, 0.1) is 0 Å². The Morgan fingerprint density at radius 2 is 2.42 bits per heavy atom. The first kappa shape index (κ1) is 9.06. The molecule has 0 spiro atoms. The lowest BCUT2D eigenvalue weighted by molar-refractivity contribution is 0.267. The van der Waals surface area contributed by atoms with Crippen molar-refractivity contribution in [3.05, 3.63) is 22.1 Å². The van der Waals surface area contributed by atoms with Crippen molar-refractivity contribution in [1.29, 1.82) is 0 Å². The van der Waals surface area contributed by atoms with Crippen molar-refractivity contribution in [3.63, 3.8) is 0 Å². The maximum atomic E-state index is 11.1. The fourth-order valence-corrected chi connectivity index (χ4v) is 1.15. The summed E-state index contributed by atoms with van der Waals surface area (Å²) in [6, 6.07) is 1.58. The smallest absolute Gasteiger partial charge is 0.266 e. The molecule has 0 fully saturated rings. The summed E-state index contributed by atoms with van der Waals surface area (Å²) in [5.74, 6) is 0. The Morgan fingerprint density at radius 1 is 1.67 bits per heavy atom. The Balaban J connectivity index is 2.78. The number of aromatic nitrogens is 2. The van der Waals surface area contributed by atoms with Crippen LogP contribution in [-0.2, 0) is 13.0 Å². The summed E-state index contributed by atoms with van der Waals surface area (Å²) in [6.45, 7) is 2.40. The first-order valence-electron chi connectivity index (χ1n) is 4.17. The van der Waals surface area contributed by atoms with Gasteiger partial charge in [-0.05, 0) is 6.42 Å². The third-order valence-electron chi connectivity index (χ3n) is 1.69. The van der Waals surface area contributed by atoms with Crippen LogP contribution in [0.5, 0.6) is 0 Å². The average molecular weight is 170 g/mol.